The first-order valence-electron chi connectivity index (χ1n) is 3.50. The van der Waals surface area contributed by atoms with E-state index in [9.17, 15) is 5.11 Å². The molecule has 1 aliphatic rings. The van der Waals surface area contributed by atoms with E-state index in [4.69, 9.17) is 0 Å². The van der Waals surface area contributed by atoms with Gasteiger partial charge in [0.05, 0.1) is 0 Å². The number of aliphatic hydroxyl groups is 1. The van der Waals surface area contributed by atoms with Crippen LogP contribution in [0.3, 0.4) is 0 Å². The minimum atomic E-state index is -0.343. The van der Waals surface area contributed by atoms with Crippen LogP contribution in [0.15, 0.2) is 12.4 Å². The lowest BCUT2D eigenvalue weighted by molar-refractivity contribution is 0.170. The maximum atomic E-state index is 9.36. The van der Waals surface area contributed by atoms with Crippen LogP contribution < -0.4 is 0 Å². The fourth-order valence-electron chi connectivity index (χ4n) is 1.50. The molecule has 0 saturated carbocycles. The molecule has 0 fully saturated rings. The molecule has 2 unspecified atom stereocenters. The molecule has 0 spiro atoms. The first-order valence-corrected chi connectivity index (χ1v) is 3.50. The van der Waals surface area contributed by atoms with Crippen LogP contribution in [0.25, 0.3) is 0 Å². The highest BCUT2D eigenvalue weighted by atomic mass is 16.3. The molecule has 1 N–H and O–H groups in total. The second-order valence-corrected chi connectivity index (χ2v) is 2.79. The van der Waals surface area contributed by atoms with Gasteiger partial charge in [-0.3, -0.25) is 0 Å². The van der Waals surface area contributed by atoms with Gasteiger partial charge in [-0.1, -0.05) is 0 Å². The van der Waals surface area contributed by atoms with Gasteiger partial charge in [0.25, 0.3) is 0 Å². The van der Waals surface area contributed by atoms with Crippen LogP contribution in [-0.2, 0) is 0 Å². The smallest absolute Gasteiger partial charge is 0.137 e. The molecule has 0 bridgehead atoms. The molecule has 1 aliphatic heterocycles. The van der Waals surface area contributed by atoms with Crippen molar-refractivity contribution >= 4 is 0 Å². The van der Waals surface area contributed by atoms with E-state index in [1.165, 1.54) is 0 Å². The van der Waals surface area contributed by atoms with Crippen molar-refractivity contribution in [2.24, 2.45) is 0 Å². The number of fused-ring (bicyclic) bond motifs is 1. The first-order chi connectivity index (χ1) is 4.79. The van der Waals surface area contributed by atoms with Crippen LogP contribution in [0.1, 0.15) is 31.3 Å². The van der Waals surface area contributed by atoms with Crippen molar-refractivity contribution in [1.29, 1.82) is 0 Å². The van der Waals surface area contributed by atoms with Gasteiger partial charge in [-0.2, -0.15) is 0 Å². The van der Waals surface area contributed by atoms with Gasteiger partial charge in [-0.15, -0.1) is 0 Å². The lowest BCUT2D eigenvalue weighted by Gasteiger charge is -2.01. The molecule has 0 saturated heterocycles. The number of rotatable bonds is 0. The molecule has 54 valence electrons. The highest BCUT2D eigenvalue weighted by Gasteiger charge is 2.26. The number of imidazole rings is 1. The van der Waals surface area contributed by atoms with E-state index in [1.807, 2.05) is 10.8 Å². The van der Waals surface area contributed by atoms with Gasteiger partial charge in [0.15, 0.2) is 0 Å². The lowest BCUT2D eigenvalue weighted by atomic mass is 10.2. The summed E-state index contributed by atoms with van der Waals surface area (Å²) in [6.07, 6.45) is 4.11. The molecule has 10 heavy (non-hydrogen) atoms. The third kappa shape index (κ3) is 0.609. The zero-order valence-corrected chi connectivity index (χ0v) is 5.86. The molecular weight excluding hydrogens is 128 g/mol. The van der Waals surface area contributed by atoms with Crippen LogP contribution in [0.2, 0.25) is 0 Å². The van der Waals surface area contributed by atoms with Crippen molar-refractivity contribution in [2.45, 2.75) is 25.5 Å². The van der Waals surface area contributed by atoms with Crippen molar-refractivity contribution in [2.75, 3.05) is 0 Å². The second-order valence-electron chi connectivity index (χ2n) is 2.79. The Morgan fingerprint density at radius 2 is 2.60 bits per heavy atom. The molecule has 2 atom stereocenters. The van der Waals surface area contributed by atoms with Gasteiger partial charge in [-0.05, 0) is 6.92 Å². The van der Waals surface area contributed by atoms with Crippen molar-refractivity contribution < 1.29 is 5.11 Å². The Balaban J connectivity index is 2.48. The van der Waals surface area contributed by atoms with Gasteiger partial charge < -0.3 is 9.67 Å². The van der Waals surface area contributed by atoms with Gasteiger partial charge in [0.2, 0.25) is 0 Å². The van der Waals surface area contributed by atoms with Crippen molar-refractivity contribution in [3.05, 3.63) is 18.2 Å². The van der Waals surface area contributed by atoms with Crippen LogP contribution in [0.5, 0.6) is 0 Å². The van der Waals surface area contributed by atoms with Crippen molar-refractivity contribution in [3.8, 4) is 0 Å². The highest BCUT2D eigenvalue weighted by Crippen LogP contribution is 2.31. The highest BCUT2D eigenvalue weighted by molar-refractivity contribution is 5.04. The fourth-order valence-corrected chi connectivity index (χ4v) is 1.50. The van der Waals surface area contributed by atoms with E-state index < -0.39 is 0 Å². The summed E-state index contributed by atoms with van der Waals surface area (Å²) in [6.45, 7) is 2.08. The van der Waals surface area contributed by atoms with Gasteiger partial charge >= 0.3 is 0 Å². The summed E-state index contributed by atoms with van der Waals surface area (Å²) in [5.74, 6) is 0.813. The van der Waals surface area contributed by atoms with Gasteiger partial charge in [0.1, 0.15) is 11.9 Å². The first kappa shape index (κ1) is 5.92. The summed E-state index contributed by atoms with van der Waals surface area (Å²) >= 11 is 0. The summed E-state index contributed by atoms with van der Waals surface area (Å²) in [5.41, 5.74) is 0. The molecule has 3 nitrogen and oxygen atoms in total. The predicted octanol–water partition coefficient (Wildman–Crippen LogP) is 0.881. The van der Waals surface area contributed by atoms with E-state index in [-0.39, 0.29) is 6.10 Å². The topological polar surface area (TPSA) is 38.1 Å². The number of hydrogen-bond acceptors (Lipinski definition) is 2. The molecule has 0 radical (unpaired) electrons. The van der Waals surface area contributed by atoms with E-state index >= 15 is 0 Å². The largest absolute Gasteiger partial charge is 0.385 e. The predicted molar refractivity (Wildman–Crippen MR) is 36.5 cm³/mol. The Morgan fingerprint density at radius 1 is 1.80 bits per heavy atom. The maximum absolute atomic E-state index is 9.36. The molecular formula is C7H10N2O. The number of nitrogens with zero attached hydrogens (tertiary/aromatic N) is 2. The average molecular weight is 138 g/mol. The van der Waals surface area contributed by atoms with Crippen LogP contribution in [0, 0.1) is 0 Å². The molecule has 3 heteroatoms. The molecule has 1 aromatic rings. The van der Waals surface area contributed by atoms with Crippen LogP contribution in [0.4, 0.5) is 0 Å². The van der Waals surface area contributed by atoms with E-state index in [0.717, 1.165) is 12.2 Å². The zero-order chi connectivity index (χ0) is 7.14. The zero-order valence-electron chi connectivity index (χ0n) is 5.86. The molecule has 0 amide bonds. The third-order valence-corrected chi connectivity index (χ3v) is 2.04. The van der Waals surface area contributed by atoms with Crippen molar-refractivity contribution in [1.82, 2.24) is 9.55 Å². The Labute approximate surface area is 59.3 Å². The second kappa shape index (κ2) is 1.83. The maximum Gasteiger partial charge on any atom is 0.137 e. The summed E-state index contributed by atoms with van der Waals surface area (Å²) in [5, 5.41) is 9.36. The van der Waals surface area contributed by atoms with E-state index in [1.54, 1.807) is 6.20 Å². The van der Waals surface area contributed by atoms with Crippen LogP contribution >= 0.6 is 0 Å². The van der Waals surface area contributed by atoms with E-state index in [2.05, 4.69) is 11.9 Å². The minimum absolute atomic E-state index is 0.343. The molecule has 0 aromatic carbocycles. The summed E-state index contributed by atoms with van der Waals surface area (Å²) in [7, 11) is 0. The Kier molecular flexibility index (Phi) is 1.08. The standard InChI is InChI=1S/C7H10N2O/c1-5-4-6(10)7-8-2-3-9(5)7/h2-3,5-6,10H,4H2,1H3. The number of hydrogen-bond donors (Lipinski definition) is 1. The van der Waals surface area contributed by atoms with E-state index in [0.29, 0.717) is 6.04 Å². The Morgan fingerprint density at radius 3 is 3.30 bits per heavy atom. The minimum Gasteiger partial charge on any atom is -0.385 e. The third-order valence-electron chi connectivity index (χ3n) is 2.04. The van der Waals surface area contributed by atoms with Gasteiger partial charge in [0, 0.05) is 24.9 Å². The fraction of sp³-hybridized carbons (Fsp3) is 0.571. The Hall–Kier alpha value is -0.830. The van der Waals surface area contributed by atoms with Crippen molar-refractivity contribution in [3.63, 3.8) is 0 Å². The normalized spacial score (nSPS) is 30.6. The quantitative estimate of drug-likeness (QED) is 0.578. The number of aromatic nitrogens is 2. The monoisotopic (exact) mass is 138 g/mol. The molecule has 2 rings (SSSR count). The lowest BCUT2D eigenvalue weighted by Crippen LogP contribution is -1.95. The number of aliphatic hydroxyl groups excluding tert-OH is 1. The summed E-state index contributed by atoms with van der Waals surface area (Å²) in [6, 6.07) is 0.410. The van der Waals surface area contributed by atoms with Gasteiger partial charge in [-0.25, -0.2) is 4.98 Å². The summed E-state index contributed by atoms with van der Waals surface area (Å²) < 4.78 is 2.02. The molecule has 1 aromatic heterocycles. The van der Waals surface area contributed by atoms with Crippen LogP contribution in [-0.4, -0.2) is 14.7 Å². The Bertz CT molecular complexity index is 221. The SMILES string of the molecule is CC1CC(O)c2nccn21. The molecule has 2 heterocycles. The average Bonchev–Trinajstić information content (AvgIpc) is 2.39. The molecule has 0 aliphatic carbocycles. The summed E-state index contributed by atoms with van der Waals surface area (Å²) in [4.78, 5) is 4.04.